The van der Waals surface area contributed by atoms with E-state index >= 15 is 0 Å². The van der Waals surface area contributed by atoms with E-state index in [0.717, 1.165) is 41.5 Å². The Bertz CT molecular complexity index is 781. The summed E-state index contributed by atoms with van der Waals surface area (Å²) in [7, 11) is 0. The highest BCUT2D eigenvalue weighted by atomic mass is 35.5. The lowest BCUT2D eigenvalue weighted by atomic mass is 9.99. The zero-order valence-corrected chi connectivity index (χ0v) is 16.3. The number of aliphatic hydroxyl groups excluding tert-OH is 1. The molecule has 8 heteroatoms. The molecule has 2 heterocycles. The third-order valence-corrected chi connectivity index (χ3v) is 5.87. The lowest BCUT2D eigenvalue weighted by Crippen LogP contribution is -2.49. The molecule has 3 rings (SSSR count). The highest BCUT2D eigenvalue weighted by Crippen LogP contribution is 2.32. The molecule has 6 nitrogen and oxygen atoms in total. The van der Waals surface area contributed by atoms with E-state index in [1.807, 2.05) is 0 Å². The van der Waals surface area contributed by atoms with Crippen LogP contribution in [0.4, 0.5) is 4.79 Å². The normalized spacial score (nSPS) is 22.0. The van der Waals surface area contributed by atoms with Crippen molar-refractivity contribution in [3.05, 3.63) is 39.8 Å². The van der Waals surface area contributed by atoms with Crippen molar-refractivity contribution in [1.82, 2.24) is 9.80 Å². The van der Waals surface area contributed by atoms with Crippen molar-refractivity contribution in [1.29, 1.82) is 0 Å². The molecular weight excluding hydrogens is 388 g/mol. The molecule has 1 N–H and O–H groups in total. The standard InChI is InChI=1S/C19H21ClN2O4S/c20-14-5-3-4-13(10-14)11-16-18(25)22(19(26)27-16)12-17(24)21-8-2-1-6-15(21)7-9-23/h3-5,10-11,15,23H,1-2,6-9,12H2/b16-11-/t15-/m0/s1. The summed E-state index contributed by atoms with van der Waals surface area (Å²) in [6, 6.07) is 6.95. The van der Waals surface area contributed by atoms with Gasteiger partial charge in [0.2, 0.25) is 5.91 Å². The molecule has 144 valence electrons. The van der Waals surface area contributed by atoms with Gasteiger partial charge in [0.05, 0.1) is 4.91 Å². The first-order valence-electron chi connectivity index (χ1n) is 8.91. The fourth-order valence-corrected chi connectivity index (χ4v) is 4.43. The van der Waals surface area contributed by atoms with Gasteiger partial charge >= 0.3 is 0 Å². The maximum Gasteiger partial charge on any atom is 0.294 e. The predicted molar refractivity (Wildman–Crippen MR) is 105 cm³/mol. The van der Waals surface area contributed by atoms with Crippen molar-refractivity contribution in [2.24, 2.45) is 0 Å². The van der Waals surface area contributed by atoms with Crippen LogP contribution in [0.3, 0.4) is 0 Å². The van der Waals surface area contributed by atoms with Crippen LogP contribution < -0.4 is 0 Å². The monoisotopic (exact) mass is 408 g/mol. The Morgan fingerprint density at radius 3 is 2.89 bits per heavy atom. The number of nitrogens with zero attached hydrogens (tertiary/aromatic N) is 2. The minimum atomic E-state index is -0.464. The van der Waals surface area contributed by atoms with Crippen molar-refractivity contribution in [2.75, 3.05) is 19.7 Å². The lowest BCUT2D eigenvalue weighted by Gasteiger charge is -2.36. The molecule has 0 unspecified atom stereocenters. The van der Waals surface area contributed by atoms with E-state index in [1.54, 1.807) is 35.2 Å². The second-order valence-corrected chi connectivity index (χ2v) is 8.00. The first kappa shape index (κ1) is 19.9. The summed E-state index contributed by atoms with van der Waals surface area (Å²) in [5.74, 6) is -0.714. The number of likely N-dealkylation sites (tertiary alicyclic amines) is 1. The Morgan fingerprint density at radius 2 is 2.15 bits per heavy atom. The van der Waals surface area contributed by atoms with Gasteiger partial charge in [0.25, 0.3) is 11.1 Å². The average Bonchev–Trinajstić information content (AvgIpc) is 2.90. The maximum absolute atomic E-state index is 12.7. The molecule has 2 aliphatic heterocycles. The molecule has 2 saturated heterocycles. The van der Waals surface area contributed by atoms with Crippen molar-refractivity contribution < 1.29 is 19.5 Å². The van der Waals surface area contributed by atoms with Crippen LogP contribution >= 0.6 is 23.4 Å². The average molecular weight is 409 g/mol. The molecule has 2 aliphatic rings. The SMILES string of the molecule is O=C1S/C(=C\c2cccc(Cl)c2)C(=O)N1CC(=O)N1CCCC[C@H]1CCO. The number of carbonyl (C=O) groups is 3. The van der Waals surface area contributed by atoms with Crippen molar-refractivity contribution in [3.8, 4) is 0 Å². The van der Waals surface area contributed by atoms with Crippen LogP contribution in [-0.2, 0) is 9.59 Å². The van der Waals surface area contributed by atoms with Crippen LogP contribution in [0.5, 0.6) is 0 Å². The quantitative estimate of drug-likeness (QED) is 0.757. The summed E-state index contributed by atoms with van der Waals surface area (Å²) in [5.41, 5.74) is 0.721. The van der Waals surface area contributed by atoms with Crippen molar-refractivity contribution >= 4 is 46.5 Å². The highest BCUT2D eigenvalue weighted by molar-refractivity contribution is 8.18. The molecule has 1 aromatic rings. The number of benzene rings is 1. The van der Waals surface area contributed by atoms with E-state index in [2.05, 4.69) is 0 Å². The number of hydrogen-bond acceptors (Lipinski definition) is 5. The predicted octanol–water partition coefficient (Wildman–Crippen LogP) is 3.14. The van der Waals surface area contributed by atoms with Crippen LogP contribution in [0.1, 0.15) is 31.2 Å². The van der Waals surface area contributed by atoms with E-state index < -0.39 is 11.1 Å². The minimum Gasteiger partial charge on any atom is -0.396 e. The van der Waals surface area contributed by atoms with Crippen molar-refractivity contribution in [2.45, 2.75) is 31.7 Å². The van der Waals surface area contributed by atoms with Gasteiger partial charge in [0.15, 0.2) is 0 Å². The van der Waals surface area contributed by atoms with Crippen LogP contribution in [0.2, 0.25) is 5.02 Å². The largest absolute Gasteiger partial charge is 0.396 e. The van der Waals surface area contributed by atoms with Crippen LogP contribution in [0.15, 0.2) is 29.2 Å². The highest BCUT2D eigenvalue weighted by Gasteiger charge is 2.38. The van der Waals surface area contributed by atoms with Gasteiger partial charge in [0.1, 0.15) is 6.54 Å². The summed E-state index contributed by atoms with van der Waals surface area (Å²) in [5, 5.41) is 9.30. The summed E-state index contributed by atoms with van der Waals surface area (Å²) in [4.78, 5) is 40.5. The van der Waals surface area contributed by atoms with E-state index in [1.165, 1.54) is 0 Å². The lowest BCUT2D eigenvalue weighted by molar-refractivity contribution is -0.139. The van der Waals surface area contributed by atoms with E-state index in [-0.39, 0.29) is 30.0 Å². The van der Waals surface area contributed by atoms with E-state index in [9.17, 15) is 19.5 Å². The Hall–Kier alpha value is -1.83. The number of imide groups is 1. The number of carbonyl (C=O) groups excluding carboxylic acids is 3. The van der Waals surface area contributed by atoms with Crippen LogP contribution in [0, 0.1) is 0 Å². The second kappa shape index (κ2) is 8.91. The summed E-state index contributed by atoms with van der Waals surface area (Å²) in [6.07, 6.45) is 4.87. The Labute approximate surface area is 167 Å². The number of halogens is 1. The third-order valence-electron chi connectivity index (χ3n) is 4.72. The molecule has 0 bridgehead atoms. The van der Waals surface area contributed by atoms with Crippen molar-refractivity contribution in [3.63, 3.8) is 0 Å². The first-order chi connectivity index (χ1) is 13.0. The number of piperidine rings is 1. The molecule has 3 amide bonds. The van der Waals surface area contributed by atoms with E-state index in [0.29, 0.717) is 18.0 Å². The molecule has 1 atom stereocenters. The van der Waals surface area contributed by atoms with Gasteiger partial charge in [-0.1, -0.05) is 23.7 Å². The number of aliphatic hydroxyl groups is 1. The smallest absolute Gasteiger partial charge is 0.294 e. The number of hydrogen-bond donors (Lipinski definition) is 1. The molecule has 27 heavy (non-hydrogen) atoms. The van der Waals surface area contributed by atoms with Gasteiger partial charge in [-0.25, -0.2) is 0 Å². The number of thioether (sulfide) groups is 1. The molecule has 0 spiro atoms. The zero-order valence-electron chi connectivity index (χ0n) is 14.8. The Morgan fingerprint density at radius 1 is 1.33 bits per heavy atom. The number of amides is 3. The second-order valence-electron chi connectivity index (χ2n) is 6.57. The molecule has 2 fully saturated rings. The topological polar surface area (TPSA) is 77.9 Å². The van der Waals surface area contributed by atoms with Crippen LogP contribution in [-0.4, -0.2) is 57.7 Å². The maximum atomic E-state index is 12.7. The molecule has 0 aliphatic carbocycles. The van der Waals surface area contributed by atoms with Gasteiger partial charge in [-0.2, -0.15) is 0 Å². The minimum absolute atomic E-state index is 0.0123. The number of rotatable bonds is 5. The molecule has 0 aromatic heterocycles. The molecule has 0 radical (unpaired) electrons. The molecule has 1 aromatic carbocycles. The fourth-order valence-electron chi connectivity index (χ4n) is 3.39. The third kappa shape index (κ3) is 4.72. The van der Waals surface area contributed by atoms with Gasteiger partial charge in [-0.15, -0.1) is 0 Å². The summed E-state index contributed by atoms with van der Waals surface area (Å²) in [6.45, 7) is 0.343. The van der Waals surface area contributed by atoms with Gasteiger partial charge in [0, 0.05) is 24.2 Å². The van der Waals surface area contributed by atoms with Gasteiger partial charge in [-0.05, 0) is 61.2 Å². The summed E-state index contributed by atoms with van der Waals surface area (Å²) < 4.78 is 0. The summed E-state index contributed by atoms with van der Waals surface area (Å²) >= 11 is 6.78. The Kier molecular flexibility index (Phi) is 6.57. The Balaban J connectivity index is 1.70. The van der Waals surface area contributed by atoms with Crippen LogP contribution in [0.25, 0.3) is 6.08 Å². The van der Waals surface area contributed by atoms with Gasteiger partial charge < -0.3 is 10.0 Å². The molecule has 0 saturated carbocycles. The zero-order chi connectivity index (χ0) is 19.4. The van der Waals surface area contributed by atoms with Gasteiger partial charge in [-0.3, -0.25) is 19.3 Å². The first-order valence-corrected chi connectivity index (χ1v) is 10.1. The molecular formula is C19H21ClN2O4S. The van der Waals surface area contributed by atoms with E-state index in [4.69, 9.17) is 11.6 Å². The fraction of sp³-hybridized carbons (Fsp3) is 0.421.